The van der Waals surface area contributed by atoms with Crippen LogP contribution < -0.4 is 5.56 Å². The molecule has 306 valence electrons. The summed E-state index contributed by atoms with van der Waals surface area (Å²) >= 11 is 0. The molecule has 5 heterocycles. The summed E-state index contributed by atoms with van der Waals surface area (Å²) in [4.78, 5) is 71.1. The maximum atomic E-state index is 15.0. The fraction of sp³-hybridized carbons (Fsp3) is 0.400. The number of aryl methyl sites for hydroxylation is 1. The van der Waals surface area contributed by atoms with Crippen LogP contribution in [0.1, 0.15) is 57.6 Å². The molecule has 3 fully saturated rings. The third kappa shape index (κ3) is 9.23. The van der Waals surface area contributed by atoms with Gasteiger partial charge in [0.1, 0.15) is 5.82 Å². The molecule has 1 N–H and O–H groups in total. The zero-order chi connectivity index (χ0) is 40.9. The highest BCUT2D eigenvalue weighted by Crippen LogP contribution is 2.24. The number of piperidine rings is 1. The molecule has 3 saturated heterocycles. The van der Waals surface area contributed by atoms with E-state index in [9.17, 15) is 19.2 Å². The summed E-state index contributed by atoms with van der Waals surface area (Å²) in [7, 11) is 0. The van der Waals surface area contributed by atoms with Crippen molar-refractivity contribution in [1.82, 2.24) is 44.7 Å². The second-order valence-corrected chi connectivity index (χ2v) is 15.9. The first-order chi connectivity index (χ1) is 28.7. The van der Waals surface area contributed by atoms with E-state index in [-0.39, 0.29) is 28.8 Å². The van der Waals surface area contributed by atoms with Crippen molar-refractivity contribution >= 4 is 28.5 Å². The first-order valence-corrected chi connectivity index (χ1v) is 20.7. The van der Waals surface area contributed by atoms with Crippen molar-refractivity contribution in [2.75, 3.05) is 78.5 Å². The van der Waals surface area contributed by atoms with Crippen molar-refractivity contribution in [3.63, 3.8) is 0 Å². The molecule has 3 aliphatic heterocycles. The number of carbonyl (C=O) groups is 3. The molecule has 0 atom stereocenters. The number of benzene rings is 3. The summed E-state index contributed by atoms with van der Waals surface area (Å²) in [6, 6.07) is 20.0. The van der Waals surface area contributed by atoms with E-state index >= 15 is 4.39 Å². The SMILES string of the molecule is CCc1cccc(-c2cnc(C(=O)N3CCC(CN4CCN(CC(=O)N5CCN(C(=O)c6cc(Cc7n[nH]c(=O)c8ccccc78)ccc6F)CC5)CC4)CC3)nc2)c1. The molecule has 13 nitrogen and oxygen atoms in total. The Morgan fingerprint density at radius 3 is 2.12 bits per heavy atom. The van der Waals surface area contributed by atoms with Crippen LogP contribution in [0.25, 0.3) is 21.9 Å². The molecule has 14 heteroatoms. The van der Waals surface area contributed by atoms with Gasteiger partial charge in [0.25, 0.3) is 17.4 Å². The highest BCUT2D eigenvalue weighted by molar-refractivity contribution is 5.95. The molecule has 0 saturated carbocycles. The number of aromatic nitrogens is 4. The standard InChI is InChI=1S/C45H50FN9O4/c1-2-31-6-5-7-34(24-31)35-27-47-42(48-28-35)45(59)54-14-12-32(13-15-54)29-51-16-18-52(19-17-51)30-41(56)53-20-22-55(23-21-53)44(58)38-25-33(10-11-39(38)46)26-40-36-8-3-4-9-37(36)43(57)50-49-40/h3-11,24-25,27-28,32H,2,12-23,26,29-30H2,1H3,(H,50,57). The topological polar surface area (TPSA) is 139 Å². The lowest BCUT2D eigenvalue weighted by Gasteiger charge is -2.40. The second kappa shape index (κ2) is 18.0. The quantitative estimate of drug-likeness (QED) is 0.221. The number of amides is 3. The number of hydrogen-bond donors (Lipinski definition) is 1. The molecule has 3 aromatic carbocycles. The molecule has 2 aromatic heterocycles. The van der Waals surface area contributed by atoms with Gasteiger partial charge in [0, 0.05) is 102 Å². The Labute approximate surface area is 342 Å². The number of piperazine rings is 2. The van der Waals surface area contributed by atoms with E-state index in [1.807, 2.05) is 29.2 Å². The molecule has 0 aliphatic carbocycles. The third-order valence-corrected chi connectivity index (χ3v) is 12.1. The Balaban J connectivity index is 0.751. The highest BCUT2D eigenvalue weighted by atomic mass is 19.1. The Kier molecular flexibility index (Phi) is 12.2. The number of rotatable bonds is 10. The van der Waals surface area contributed by atoms with Crippen molar-refractivity contribution in [1.29, 1.82) is 0 Å². The van der Waals surface area contributed by atoms with Gasteiger partial charge in [-0.2, -0.15) is 5.10 Å². The lowest BCUT2D eigenvalue weighted by Crippen LogP contribution is -2.55. The van der Waals surface area contributed by atoms with Crippen LogP contribution in [0.4, 0.5) is 4.39 Å². The Bertz CT molecular complexity index is 2360. The Morgan fingerprint density at radius 2 is 1.39 bits per heavy atom. The summed E-state index contributed by atoms with van der Waals surface area (Å²) in [5.74, 6) is -0.334. The first-order valence-electron chi connectivity index (χ1n) is 20.7. The number of aromatic amines is 1. The van der Waals surface area contributed by atoms with E-state index in [1.54, 1.807) is 46.5 Å². The molecule has 0 spiro atoms. The molecular weight excluding hydrogens is 750 g/mol. The molecule has 5 aromatic rings. The van der Waals surface area contributed by atoms with Gasteiger partial charge in [0.2, 0.25) is 11.7 Å². The van der Waals surface area contributed by atoms with Crippen molar-refractivity contribution in [2.45, 2.75) is 32.6 Å². The molecule has 8 rings (SSSR count). The number of halogens is 1. The third-order valence-electron chi connectivity index (χ3n) is 12.1. The Hall–Kier alpha value is -5.86. The van der Waals surface area contributed by atoms with Gasteiger partial charge in [-0.15, -0.1) is 0 Å². The summed E-state index contributed by atoms with van der Waals surface area (Å²) in [6.07, 6.45) is 6.62. The molecule has 3 aliphatic rings. The number of likely N-dealkylation sites (tertiary alicyclic amines) is 1. The van der Waals surface area contributed by atoms with Crippen LogP contribution in [0.3, 0.4) is 0 Å². The number of fused-ring (bicyclic) bond motifs is 1. The molecule has 0 unspecified atom stereocenters. The monoisotopic (exact) mass is 799 g/mol. The van der Waals surface area contributed by atoms with Gasteiger partial charge in [-0.1, -0.05) is 55.5 Å². The predicted octanol–water partition coefficient (Wildman–Crippen LogP) is 4.13. The average Bonchev–Trinajstić information content (AvgIpc) is 3.28. The van der Waals surface area contributed by atoms with Gasteiger partial charge in [-0.3, -0.25) is 24.1 Å². The maximum absolute atomic E-state index is 15.0. The van der Waals surface area contributed by atoms with Crippen LogP contribution in [-0.2, 0) is 17.6 Å². The van der Waals surface area contributed by atoms with Gasteiger partial charge in [-0.05, 0) is 60.1 Å². The normalized spacial score (nSPS) is 17.1. The van der Waals surface area contributed by atoms with Crippen LogP contribution in [0.15, 0.2) is 83.9 Å². The minimum absolute atomic E-state index is 0.0159. The van der Waals surface area contributed by atoms with Crippen LogP contribution in [0.5, 0.6) is 0 Å². The largest absolute Gasteiger partial charge is 0.338 e. The van der Waals surface area contributed by atoms with E-state index in [4.69, 9.17) is 0 Å². The maximum Gasteiger partial charge on any atom is 0.291 e. The van der Waals surface area contributed by atoms with E-state index < -0.39 is 11.7 Å². The van der Waals surface area contributed by atoms with Crippen molar-refractivity contribution in [3.05, 3.63) is 124 Å². The first kappa shape index (κ1) is 39.9. The van der Waals surface area contributed by atoms with Crippen molar-refractivity contribution in [2.24, 2.45) is 5.92 Å². The van der Waals surface area contributed by atoms with Gasteiger partial charge in [0.15, 0.2) is 0 Å². The Morgan fingerprint density at radius 1 is 0.712 bits per heavy atom. The summed E-state index contributed by atoms with van der Waals surface area (Å²) in [5.41, 5.74) is 4.24. The average molecular weight is 800 g/mol. The van der Waals surface area contributed by atoms with Crippen molar-refractivity contribution < 1.29 is 18.8 Å². The van der Waals surface area contributed by atoms with E-state index in [2.05, 4.69) is 49.0 Å². The number of H-pyrrole nitrogens is 1. The number of hydrogen-bond acceptors (Lipinski definition) is 9. The van der Waals surface area contributed by atoms with Crippen molar-refractivity contribution in [3.8, 4) is 11.1 Å². The number of carbonyl (C=O) groups excluding carboxylic acids is 3. The van der Waals surface area contributed by atoms with Crippen LogP contribution in [0, 0.1) is 11.7 Å². The summed E-state index contributed by atoms with van der Waals surface area (Å²) in [5, 5.41) is 7.98. The zero-order valence-electron chi connectivity index (χ0n) is 33.5. The van der Waals surface area contributed by atoms with Crippen LogP contribution in [0.2, 0.25) is 0 Å². The molecule has 3 amide bonds. The van der Waals surface area contributed by atoms with Gasteiger partial charge < -0.3 is 19.6 Å². The molecule has 59 heavy (non-hydrogen) atoms. The minimum Gasteiger partial charge on any atom is -0.338 e. The van der Waals surface area contributed by atoms with Crippen LogP contribution in [-0.4, -0.2) is 141 Å². The summed E-state index contributed by atoms with van der Waals surface area (Å²) in [6.45, 7) is 9.63. The van der Waals surface area contributed by atoms with Crippen LogP contribution >= 0.6 is 0 Å². The highest BCUT2D eigenvalue weighted by Gasteiger charge is 2.30. The van der Waals surface area contributed by atoms with E-state index in [0.717, 1.165) is 63.1 Å². The molecule has 0 radical (unpaired) electrons. The lowest BCUT2D eigenvalue weighted by molar-refractivity contribution is -0.134. The summed E-state index contributed by atoms with van der Waals surface area (Å²) < 4.78 is 15.0. The predicted molar refractivity (Wildman–Crippen MR) is 222 cm³/mol. The zero-order valence-corrected chi connectivity index (χ0v) is 33.5. The minimum atomic E-state index is -0.599. The van der Waals surface area contributed by atoms with Gasteiger partial charge in [0.05, 0.1) is 23.2 Å². The fourth-order valence-electron chi connectivity index (χ4n) is 8.48. The lowest BCUT2D eigenvalue weighted by atomic mass is 9.95. The van der Waals surface area contributed by atoms with E-state index in [1.165, 1.54) is 11.6 Å². The molecule has 0 bridgehead atoms. The second-order valence-electron chi connectivity index (χ2n) is 15.9. The van der Waals surface area contributed by atoms with Gasteiger partial charge in [-0.25, -0.2) is 19.5 Å². The smallest absolute Gasteiger partial charge is 0.291 e. The number of nitrogens with one attached hydrogen (secondary N) is 1. The van der Waals surface area contributed by atoms with E-state index in [0.29, 0.717) is 80.2 Å². The fourth-order valence-corrected chi connectivity index (χ4v) is 8.48. The van der Waals surface area contributed by atoms with Gasteiger partial charge >= 0.3 is 0 Å². The molecular formula is C45H50FN9O4. The number of nitrogens with zero attached hydrogens (tertiary/aromatic N) is 8.